The predicted octanol–water partition coefficient (Wildman–Crippen LogP) is 2.85. The highest BCUT2D eigenvalue weighted by molar-refractivity contribution is 7.73. The Hall–Kier alpha value is -3.24. The summed E-state index contributed by atoms with van der Waals surface area (Å²) in [5.41, 5.74) is -1.79. The average molecular weight is 464 g/mol. The molecule has 1 aromatic heterocycles. The average Bonchev–Trinajstić information content (AvgIpc) is 2.84. The van der Waals surface area contributed by atoms with Gasteiger partial charge in [0.05, 0.1) is 13.1 Å². The highest BCUT2D eigenvalue weighted by Crippen LogP contribution is 2.34. The molecule has 0 amide bonds. The van der Waals surface area contributed by atoms with Crippen molar-refractivity contribution in [3.63, 3.8) is 0 Å². The minimum absolute atomic E-state index is 0.0630. The summed E-state index contributed by atoms with van der Waals surface area (Å²) in [6.45, 7) is 7.62. The van der Waals surface area contributed by atoms with Crippen LogP contribution in [0.4, 0.5) is 0 Å². The molecule has 0 spiro atoms. The van der Waals surface area contributed by atoms with Gasteiger partial charge in [-0.15, -0.1) is 13.2 Å². The summed E-state index contributed by atoms with van der Waals surface area (Å²) in [7, 11) is -0.461. The van der Waals surface area contributed by atoms with Crippen LogP contribution in [0.3, 0.4) is 0 Å². The summed E-state index contributed by atoms with van der Waals surface area (Å²) in [6.07, 6.45) is 6.54. The highest BCUT2D eigenvalue weighted by atomic mass is 31.1. The number of hydrogen-bond donors (Lipinski definition) is 0. The van der Waals surface area contributed by atoms with Crippen molar-refractivity contribution in [2.45, 2.75) is 38.9 Å². The van der Waals surface area contributed by atoms with Crippen molar-refractivity contribution in [1.82, 2.24) is 13.7 Å². The summed E-state index contributed by atoms with van der Waals surface area (Å²) in [6, 6.07) is 21.1. The number of rotatable bonds is 12. The van der Waals surface area contributed by atoms with Crippen molar-refractivity contribution in [1.29, 1.82) is 0 Å². The van der Waals surface area contributed by atoms with Gasteiger partial charge in [-0.3, -0.25) is 0 Å². The Balaban J connectivity index is 1.71. The minimum Gasteiger partial charge on any atom is -0.247 e. The molecule has 7 heteroatoms. The molecule has 3 aromatic rings. The second-order valence-electron chi connectivity index (χ2n) is 7.68. The van der Waals surface area contributed by atoms with Crippen molar-refractivity contribution in [3.05, 3.63) is 117 Å². The van der Waals surface area contributed by atoms with Crippen LogP contribution in [-0.2, 0) is 19.6 Å². The van der Waals surface area contributed by atoms with E-state index in [0.717, 1.165) is 32.7 Å². The minimum atomic E-state index is -0.627. The SMILES string of the molecule is C=CCn1c(=O)n(CC=C)c(=O)n(CCCCCP(c2ccccc2)c2ccccc2)c1=O. The normalized spacial score (nSPS) is 10.9. The first kappa shape index (κ1) is 24.4. The Bertz CT molecular complexity index is 1160. The summed E-state index contributed by atoms with van der Waals surface area (Å²) < 4.78 is 3.25. The second kappa shape index (κ2) is 12.1. The van der Waals surface area contributed by atoms with Crippen molar-refractivity contribution in [2.75, 3.05) is 6.16 Å². The van der Waals surface area contributed by atoms with Gasteiger partial charge in [-0.05, 0) is 37.5 Å². The molecule has 0 fully saturated rings. The van der Waals surface area contributed by atoms with Crippen LogP contribution in [0.25, 0.3) is 0 Å². The van der Waals surface area contributed by atoms with Gasteiger partial charge in [-0.25, -0.2) is 28.1 Å². The highest BCUT2D eigenvalue weighted by Gasteiger charge is 2.15. The third-order valence-corrected chi connectivity index (χ3v) is 8.01. The monoisotopic (exact) mass is 463 g/mol. The van der Waals surface area contributed by atoms with Gasteiger partial charge in [0.15, 0.2) is 0 Å². The lowest BCUT2D eigenvalue weighted by atomic mass is 10.2. The van der Waals surface area contributed by atoms with Crippen molar-refractivity contribution in [3.8, 4) is 0 Å². The predicted molar refractivity (Wildman–Crippen MR) is 137 cm³/mol. The molecule has 6 nitrogen and oxygen atoms in total. The first-order valence-corrected chi connectivity index (χ1v) is 12.6. The maximum absolute atomic E-state index is 12.7. The molecule has 0 unspecified atom stereocenters. The Morgan fingerprint density at radius 2 is 1.09 bits per heavy atom. The van der Waals surface area contributed by atoms with Gasteiger partial charge in [-0.2, -0.15) is 0 Å². The van der Waals surface area contributed by atoms with E-state index in [2.05, 4.69) is 61.7 Å². The van der Waals surface area contributed by atoms with Gasteiger partial charge < -0.3 is 0 Å². The molecule has 33 heavy (non-hydrogen) atoms. The number of allylic oxidation sites excluding steroid dienone is 2. The second-order valence-corrected chi connectivity index (χ2v) is 10.0. The number of unbranched alkanes of at least 4 members (excludes halogenated alkanes) is 2. The van der Waals surface area contributed by atoms with Gasteiger partial charge in [0.1, 0.15) is 0 Å². The molecule has 0 aliphatic heterocycles. The molecule has 0 radical (unpaired) electrons. The lowest BCUT2D eigenvalue weighted by molar-refractivity contribution is 0.462. The maximum atomic E-state index is 12.7. The molecule has 172 valence electrons. The van der Waals surface area contributed by atoms with Crippen molar-refractivity contribution in [2.24, 2.45) is 0 Å². The van der Waals surface area contributed by atoms with E-state index < -0.39 is 25.0 Å². The number of benzene rings is 2. The smallest absolute Gasteiger partial charge is 0.247 e. The van der Waals surface area contributed by atoms with Crippen molar-refractivity contribution < 1.29 is 0 Å². The third-order valence-electron chi connectivity index (χ3n) is 5.41. The summed E-state index contributed by atoms with van der Waals surface area (Å²) in [4.78, 5) is 38.0. The first-order chi connectivity index (χ1) is 16.1. The number of nitrogens with zero attached hydrogens (tertiary/aromatic N) is 3. The van der Waals surface area contributed by atoms with E-state index in [1.807, 2.05) is 12.1 Å². The zero-order valence-corrected chi connectivity index (χ0v) is 19.7. The number of aromatic nitrogens is 3. The molecular formula is C26H30N3O3P. The Morgan fingerprint density at radius 3 is 1.55 bits per heavy atom. The Morgan fingerprint density at radius 1 is 0.636 bits per heavy atom. The van der Waals surface area contributed by atoms with Crippen LogP contribution in [0.1, 0.15) is 19.3 Å². The molecule has 0 saturated carbocycles. The lowest BCUT2D eigenvalue weighted by Crippen LogP contribution is -2.54. The first-order valence-electron chi connectivity index (χ1n) is 11.1. The van der Waals surface area contributed by atoms with E-state index in [1.165, 1.54) is 22.8 Å². The summed E-state index contributed by atoms with van der Waals surface area (Å²) in [5.74, 6) is 0. The molecule has 3 rings (SSSR count). The fourth-order valence-electron chi connectivity index (χ4n) is 3.78. The van der Waals surface area contributed by atoms with Crippen LogP contribution in [0.15, 0.2) is 100 Å². The van der Waals surface area contributed by atoms with Gasteiger partial charge in [0.2, 0.25) is 0 Å². The maximum Gasteiger partial charge on any atom is 0.336 e. The van der Waals surface area contributed by atoms with Crippen LogP contribution < -0.4 is 27.7 Å². The lowest BCUT2D eigenvalue weighted by Gasteiger charge is -2.18. The van der Waals surface area contributed by atoms with Crippen LogP contribution in [-0.4, -0.2) is 19.9 Å². The fourth-order valence-corrected chi connectivity index (χ4v) is 6.20. The van der Waals surface area contributed by atoms with Crippen molar-refractivity contribution >= 4 is 18.5 Å². The Kier molecular flexibility index (Phi) is 8.96. The van der Waals surface area contributed by atoms with E-state index in [4.69, 9.17) is 0 Å². The molecule has 0 aliphatic rings. The van der Waals surface area contributed by atoms with E-state index in [1.54, 1.807) is 0 Å². The largest absolute Gasteiger partial charge is 0.336 e. The molecule has 2 aromatic carbocycles. The van der Waals surface area contributed by atoms with E-state index in [9.17, 15) is 14.4 Å². The van der Waals surface area contributed by atoms with Gasteiger partial charge in [0.25, 0.3) is 0 Å². The molecular weight excluding hydrogens is 433 g/mol. The Labute approximate surface area is 194 Å². The summed E-state index contributed by atoms with van der Waals surface area (Å²) in [5, 5.41) is 2.69. The van der Waals surface area contributed by atoms with Gasteiger partial charge >= 0.3 is 17.1 Å². The van der Waals surface area contributed by atoms with E-state index in [0.29, 0.717) is 6.42 Å². The molecule has 1 heterocycles. The van der Waals surface area contributed by atoms with E-state index in [-0.39, 0.29) is 19.6 Å². The number of hydrogen-bond acceptors (Lipinski definition) is 3. The zero-order chi connectivity index (χ0) is 23.6. The van der Waals surface area contributed by atoms with E-state index >= 15 is 0 Å². The molecule has 0 N–H and O–H groups in total. The molecule has 0 bridgehead atoms. The van der Waals surface area contributed by atoms with Crippen LogP contribution in [0, 0.1) is 0 Å². The quantitative estimate of drug-likeness (QED) is 0.236. The van der Waals surface area contributed by atoms with Crippen LogP contribution in [0.5, 0.6) is 0 Å². The zero-order valence-electron chi connectivity index (χ0n) is 18.8. The molecule has 0 atom stereocenters. The molecule has 0 saturated heterocycles. The standard InChI is InChI=1S/C26H30N3O3P/c1-3-18-27-24(30)28(19-4-2)26(32)29(25(27)31)20-12-7-13-21-33(22-14-8-5-9-15-22)23-16-10-6-11-17-23/h3-6,8-11,14-17H,1-2,7,12-13,18-21H2. The van der Waals surface area contributed by atoms with Crippen LogP contribution in [0.2, 0.25) is 0 Å². The third kappa shape index (κ3) is 5.96. The van der Waals surface area contributed by atoms with Crippen LogP contribution >= 0.6 is 7.92 Å². The van der Waals surface area contributed by atoms with Gasteiger partial charge in [-0.1, -0.05) is 79.2 Å². The van der Waals surface area contributed by atoms with Gasteiger partial charge in [0, 0.05) is 6.54 Å². The fraction of sp³-hybridized carbons (Fsp3) is 0.269. The topological polar surface area (TPSA) is 66.0 Å². The molecule has 0 aliphatic carbocycles. The summed E-state index contributed by atoms with van der Waals surface area (Å²) >= 11 is 0.